The van der Waals surface area contributed by atoms with Crippen LogP contribution in [-0.2, 0) is 19.1 Å². The molecule has 0 heterocycles. The third-order valence-electron chi connectivity index (χ3n) is 3.88. The van der Waals surface area contributed by atoms with Crippen molar-refractivity contribution in [2.45, 2.75) is 47.5 Å². The van der Waals surface area contributed by atoms with Crippen molar-refractivity contribution < 1.29 is 19.1 Å². The minimum atomic E-state index is 0.0846. The van der Waals surface area contributed by atoms with E-state index in [0.29, 0.717) is 64.2 Å². The third-order valence-corrected chi connectivity index (χ3v) is 3.88. The smallest absolute Gasteiger partial charge is 0.220 e. The van der Waals surface area contributed by atoms with E-state index in [0.717, 1.165) is 19.6 Å². The van der Waals surface area contributed by atoms with Crippen LogP contribution in [0.15, 0.2) is 0 Å². The quantitative estimate of drug-likeness (QED) is 0.371. The maximum atomic E-state index is 11.5. The fourth-order valence-corrected chi connectivity index (χ4v) is 2.43. The molecular weight excluding hydrogens is 346 g/mol. The molecule has 0 saturated carbocycles. The van der Waals surface area contributed by atoms with Gasteiger partial charge in [0.05, 0.1) is 26.4 Å². The number of hydrogen-bond donors (Lipinski definition) is 2. The Balaban J connectivity index is 3.54. The number of carbonyl (C=O) groups excluding carboxylic acids is 2. The molecule has 0 atom stereocenters. The van der Waals surface area contributed by atoms with Crippen molar-refractivity contribution >= 4 is 11.8 Å². The molecule has 0 radical (unpaired) electrons. The van der Waals surface area contributed by atoms with Gasteiger partial charge in [-0.15, -0.1) is 0 Å². The van der Waals surface area contributed by atoms with Gasteiger partial charge in [0, 0.05) is 39.0 Å². The Labute approximate surface area is 165 Å². The second kappa shape index (κ2) is 17.0. The molecule has 0 bridgehead atoms. The van der Waals surface area contributed by atoms with E-state index < -0.39 is 0 Å². The standard InChI is InChI=1S/C20H41N3O4/c1-6-23(9-13-26-11-7-21-19(24)15-17(2)3)10-14-27-12-8-22-20(25)16-18(4)5/h17-18H,6-16H2,1-5H3,(H,21,24)(H,22,25). The van der Waals surface area contributed by atoms with Crippen LogP contribution in [0.25, 0.3) is 0 Å². The normalized spacial score (nSPS) is 11.4. The number of amides is 2. The van der Waals surface area contributed by atoms with E-state index in [1.807, 2.05) is 27.7 Å². The van der Waals surface area contributed by atoms with E-state index in [1.54, 1.807) is 0 Å². The number of carbonyl (C=O) groups is 2. The summed E-state index contributed by atoms with van der Waals surface area (Å²) in [6.07, 6.45) is 1.12. The van der Waals surface area contributed by atoms with Crippen molar-refractivity contribution in [2.24, 2.45) is 11.8 Å². The van der Waals surface area contributed by atoms with Crippen molar-refractivity contribution in [1.82, 2.24) is 15.5 Å². The zero-order valence-corrected chi connectivity index (χ0v) is 18.0. The number of likely N-dealkylation sites (N-methyl/N-ethyl adjacent to an activating group) is 1. The lowest BCUT2D eigenvalue weighted by Crippen LogP contribution is -2.33. The predicted octanol–water partition coefficient (Wildman–Crippen LogP) is 1.67. The summed E-state index contributed by atoms with van der Waals surface area (Å²) in [5.41, 5.74) is 0. The second-order valence-corrected chi connectivity index (χ2v) is 7.55. The molecule has 0 rings (SSSR count). The highest BCUT2D eigenvalue weighted by Crippen LogP contribution is 1.98. The second-order valence-electron chi connectivity index (χ2n) is 7.55. The van der Waals surface area contributed by atoms with E-state index in [2.05, 4.69) is 22.5 Å². The monoisotopic (exact) mass is 387 g/mol. The Morgan fingerprint density at radius 3 is 1.52 bits per heavy atom. The van der Waals surface area contributed by atoms with Gasteiger partial charge < -0.3 is 20.1 Å². The predicted molar refractivity (Wildman–Crippen MR) is 109 cm³/mol. The van der Waals surface area contributed by atoms with Crippen LogP contribution in [0.5, 0.6) is 0 Å². The lowest BCUT2D eigenvalue weighted by molar-refractivity contribution is -0.122. The Hall–Kier alpha value is -1.18. The summed E-state index contributed by atoms with van der Waals surface area (Å²) in [4.78, 5) is 25.3. The van der Waals surface area contributed by atoms with Crippen LogP contribution in [0, 0.1) is 11.8 Å². The molecular formula is C20H41N3O4. The summed E-state index contributed by atoms with van der Waals surface area (Å²) in [5, 5.41) is 5.72. The highest BCUT2D eigenvalue weighted by atomic mass is 16.5. The average Bonchev–Trinajstić information content (AvgIpc) is 2.57. The van der Waals surface area contributed by atoms with Gasteiger partial charge in [-0.1, -0.05) is 34.6 Å². The Bertz CT molecular complexity index is 355. The zero-order chi connectivity index (χ0) is 20.5. The van der Waals surface area contributed by atoms with Crippen LogP contribution in [0.4, 0.5) is 0 Å². The molecule has 0 unspecified atom stereocenters. The molecule has 0 aromatic rings. The van der Waals surface area contributed by atoms with E-state index in [4.69, 9.17) is 9.47 Å². The average molecular weight is 388 g/mol. The van der Waals surface area contributed by atoms with Gasteiger partial charge in [-0.2, -0.15) is 0 Å². The Morgan fingerprint density at radius 1 is 0.778 bits per heavy atom. The molecule has 0 aliphatic rings. The first kappa shape index (κ1) is 25.8. The Kier molecular flexibility index (Phi) is 16.2. The SMILES string of the molecule is CCN(CCOCCNC(=O)CC(C)C)CCOCCNC(=O)CC(C)C. The first-order chi connectivity index (χ1) is 12.8. The molecule has 0 saturated heterocycles. The van der Waals surface area contributed by atoms with Gasteiger partial charge in [-0.25, -0.2) is 0 Å². The molecule has 2 N–H and O–H groups in total. The number of rotatable bonds is 17. The maximum Gasteiger partial charge on any atom is 0.220 e. The molecule has 2 amide bonds. The van der Waals surface area contributed by atoms with Crippen molar-refractivity contribution in [3.63, 3.8) is 0 Å². The summed E-state index contributed by atoms with van der Waals surface area (Å²) < 4.78 is 11.2. The lowest BCUT2D eigenvalue weighted by atomic mass is 10.1. The number of nitrogens with one attached hydrogen (secondary N) is 2. The van der Waals surface area contributed by atoms with Gasteiger partial charge in [-0.05, 0) is 18.4 Å². The molecule has 0 fully saturated rings. The molecule has 7 heteroatoms. The van der Waals surface area contributed by atoms with Crippen molar-refractivity contribution in [2.75, 3.05) is 59.2 Å². The van der Waals surface area contributed by atoms with E-state index in [9.17, 15) is 9.59 Å². The van der Waals surface area contributed by atoms with Gasteiger partial charge in [0.2, 0.25) is 11.8 Å². The van der Waals surface area contributed by atoms with Crippen LogP contribution in [0.3, 0.4) is 0 Å². The molecule has 0 aliphatic heterocycles. The lowest BCUT2D eigenvalue weighted by Gasteiger charge is -2.20. The van der Waals surface area contributed by atoms with Crippen molar-refractivity contribution in [3.8, 4) is 0 Å². The summed E-state index contributed by atoms with van der Waals surface area (Å²) in [6, 6.07) is 0. The highest BCUT2D eigenvalue weighted by molar-refractivity contribution is 5.76. The van der Waals surface area contributed by atoms with Crippen LogP contribution in [0.1, 0.15) is 47.5 Å². The number of hydrogen-bond acceptors (Lipinski definition) is 5. The summed E-state index contributed by atoms with van der Waals surface area (Å²) in [6.45, 7) is 16.3. The van der Waals surface area contributed by atoms with Gasteiger partial charge in [-0.3, -0.25) is 14.5 Å². The minimum Gasteiger partial charge on any atom is -0.378 e. The first-order valence-electron chi connectivity index (χ1n) is 10.3. The molecule has 0 aromatic heterocycles. The number of nitrogens with zero attached hydrogens (tertiary/aromatic N) is 1. The molecule has 7 nitrogen and oxygen atoms in total. The summed E-state index contributed by atoms with van der Waals surface area (Å²) in [5.74, 6) is 0.924. The zero-order valence-electron chi connectivity index (χ0n) is 18.0. The first-order valence-corrected chi connectivity index (χ1v) is 10.3. The highest BCUT2D eigenvalue weighted by Gasteiger charge is 2.05. The van der Waals surface area contributed by atoms with Crippen LogP contribution in [-0.4, -0.2) is 75.9 Å². The van der Waals surface area contributed by atoms with E-state index >= 15 is 0 Å². The fraction of sp³-hybridized carbons (Fsp3) is 0.900. The topological polar surface area (TPSA) is 79.9 Å². The van der Waals surface area contributed by atoms with Crippen LogP contribution < -0.4 is 10.6 Å². The van der Waals surface area contributed by atoms with Gasteiger partial charge >= 0.3 is 0 Å². The maximum absolute atomic E-state index is 11.5. The number of ether oxygens (including phenoxy) is 2. The van der Waals surface area contributed by atoms with Gasteiger partial charge in [0.15, 0.2) is 0 Å². The molecule has 27 heavy (non-hydrogen) atoms. The molecule has 0 aliphatic carbocycles. The molecule has 0 aromatic carbocycles. The third kappa shape index (κ3) is 18.0. The van der Waals surface area contributed by atoms with Crippen LogP contribution in [0.2, 0.25) is 0 Å². The summed E-state index contributed by atoms with van der Waals surface area (Å²) in [7, 11) is 0. The largest absolute Gasteiger partial charge is 0.378 e. The van der Waals surface area contributed by atoms with E-state index in [-0.39, 0.29) is 11.8 Å². The minimum absolute atomic E-state index is 0.0846. The van der Waals surface area contributed by atoms with Gasteiger partial charge in [0.25, 0.3) is 0 Å². The van der Waals surface area contributed by atoms with Crippen molar-refractivity contribution in [1.29, 1.82) is 0 Å². The summed E-state index contributed by atoms with van der Waals surface area (Å²) >= 11 is 0. The fourth-order valence-electron chi connectivity index (χ4n) is 2.43. The van der Waals surface area contributed by atoms with Crippen molar-refractivity contribution in [3.05, 3.63) is 0 Å². The Morgan fingerprint density at radius 2 is 1.19 bits per heavy atom. The van der Waals surface area contributed by atoms with E-state index in [1.165, 1.54) is 0 Å². The van der Waals surface area contributed by atoms with Crippen LogP contribution >= 0.6 is 0 Å². The molecule has 0 spiro atoms. The molecule has 160 valence electrons. The van der Waals surface area contributed by atoms with Gasteiger partial charge in [0.1, 0.15) is 0 Å².